The lowest BCUT2D eigenvalue weighted by molar-refractivity contribution is 0.296. The molecule has 3 rings (SSSR count). The number of benzene rings is 1. The second kappa shape index (κ2) is 9.63. The van der Waals surface area contributed by atoms with E-state index in [1.54, 1.807) is 6.20 Å². The summed E-state index contributed by atoms with van der Waals surface area (Å²) in [6.07, 6.45) is 4.94. The first-order valence-corrected chi connectivity index (χ1v) is 9.56. The molecule has 0 fully saturated rings. The standard InChI is InChI=1S/C19H24BrN3O2/c20-16-12-15(13-17-19(16)25-11-5-10-24-17)14-21-7-3-4-9-23-18-6-1-2-8-22-18/h1-2,6,8,12-13,21H,3-5,7,9-11,14H2,(H,22,23). The Labute approximate surface area is 157 Å². The molecule has 5 nitrogen and oxygen atoms in total. The molecule has 1 aliphatic rings. The lowest BCUT2D eigenvalue weighted by Gasteiger charge is -2.12. The molecule has 0 radical (unpaired) electrons. The predicted molar refractivity (Wildman–Crippen MR) is 103 cm³/mol. The number of anilines is 1. The summed E-state index contributed by atoms with van der Waals surface area (Å²) in [5.74, 6) is 2.59. The van der Waals surface area contributed by atoms with E-state index in [1.807, 2.05) is 18.2 Å². The Morgan fingerprint density at radius 1 is 1.08 bits per heavy atom. The first-order valence-electron chi connectivity index (χ1n) is 8.76. The van der Waals surface area contributed by atoms with Crippen LogP contribution in [0.3, 0.4) is 0 Å². The number of aromatic nitrogens is 1. The molecular weight excluding hydrogens is 382 g/mol. The first kappa shape index (κ1) is 18.0. The van der Waals surface area contributed by atoms with Crippen LogP contribution in [0.2, 0.25) is 0 Å². The molecule has 1 aromatic heterocycles. The molecule has 0 atom stereocenters. The van der Waals surface area contributed by atoms with Crippen LogP contribution >= 0.6 is 15.9 Å². The Morgan fingerprint density at radius 3 is 2.84 bits per heavy atom. The van der Waals surface area contributed by atoms with Gasteiger partial charge in [-0.1, -0.05) is 6.07 Å². The summed E-state index contributed by atoms with van der Waals surface area (Å²) in [7, 11) is 0. The average molecular weight is 406 g/mol. The van der Waals surface area contributed by atoms with Crippen molar-refractivity contribution in [3.63, 3.8) is 0 Å². The summed E-state index contributed by atoms with van der Waals surface area (Å²) >= 11 is 3.59. The van der Waals surface area contributed by atoms with Crippen molar-refractivity contribution in [1.29, 1.82) is 0 Å². The molecule has 6 heteroatoms. The molecule has 1 aliphatic heterocycles. The molecule has 0 aliphatic carbocycles. The van der Waals surface area contributed by atoms with Gasteiger partial charge in [0.1, 0.15) is 5.82 Å². The lowest BCUT2D eigenvalue weighted by Crippen LogP contribution is -2.16. The number of hydrogen-bond donors (Lipinski definition) is 2. The van der Waals surface area contributed by atoms with Crippen LogP contribution in [-0.4, -0.2) is 31.3 Å². The van der Waals surface area contributed by atoms with Crippen molar-refractivity contribution < 1.29 is 9.47 Å². The van der Waals surface area contributed by atoms with E-state index in [0.29, 0.717) is 13.2 Å². The van der Waals surface area contributed by atoms with Gasteiger partial charge in [0, 0.05) is 25.7 Å². The van der Waals surface area contributed by atoms with Gasteiger partial charge in [-0.2, -0.15) is 0 Å². The third kappa shape index (κ3) is 5.61. The fraction of sp³-hybridized carbons (Fsp3) is 0.421. The van der Waals surface area contributed by atoms with Crippen LogP contribution in [0.4, 0.5) is 5.82 Å². The maximum atomic E-state index is 5.77. The number of ether oxygens (including phenoxy) is 2. The van der Waals surface area contributed by atoms with Crippen LogP contribution in [0, 0.1) is 0 Å². The minimum absolute atomic E-state index is 0.704. The second-order valence-corrected chi connectivity index (χ2v) is 6.84. The zero-order valence-electron chi connectivity index (χ0n) is 14.3. The largest absolute Gasteiger partial charge is 0.490 e. The number of nitrogens with zero attached hydrogens (tertiary/aromatic N) is 1. The summed E-state index contributed by atoms with van der Waals surface area (Å²) in [5.41, 5.74) is 1.20. The molecule has 0 amide bonds. The van der Waals surface area contributed by atoms with E-state index in [1.165, 1.54) is 5.56 Å². The quantitative estimate of drug-likeness (QED) is 0.650. The van der Waals surface area contributed by atoms with Crippen LogP contribution in [0.1, 0.15) is 24.8 Å². The van der Waals surface area contributed by atoms with E-state index in [0.717, 1.165) is 60.7 Å². The summed E-state index contributed by atoms with van der Waals surface area (Å²) in [5, 5.41) is 6.81. The van der Waals surface area contributed by atoms with Gasteiger partial charge in [-0.3, -0.25) is 0 Å². The highest BCUT2D eigenvalue weighted by Gasteiger charge is 2.15. The third-order valence-corrected chi connectivity index (χ3v) is 4.53. The molecular formula is C19H24BrN3O2. The summed E-state index contributed by atoms with van der Waals surface area (Å²) < 4.78 is 12.5. The van der Waals surface area contributed by atoms with Crippen LogP contribution in [0.25, 0.3) is 0 Å². The van der Waals surface area contributed by atoms with Gasteiger partial charge in [0.2, 0.25) is 0 Å². The summed E-state index contributed by atoms with van der Waals surface area (Å²) in [6, 6.07) is 10.1. The smallest absolute Gasteiger partial charge is 0.175 e. The highest BCUT2D eigenvalue weighted by Crippen LogP contribution is 2.38. The third-order valence-electron chi connectivity index (χ3n) is 3.94. The highest BCUT2D eigenvalue weighted by molar-refractivity contribution is 9.10. The molecule has 0 saturated carbocycles. The number of unbranched alkanes of at least 4 members (excludes halogenated alkanes) is 1. The van der Waals surface area contributed by atoms with Gasteiger partial charge in [0.05, 0.1) is 17.7 Å². The van der Waals surface area contributed by atoms with Crippen molar-refractivity contribution >= 4 is 21.7 Å². The van der Waals surface area contributed by atoms with E-state index in [4.69, 9.17) is 9.47 Å². The number of nitrogens with one attached hydrogen (secondary N) is 2. The van der Waals surface area contributed by atoms with Gasteiger partial charge in [-0.15, -0.1) is 0 Å². The average Bonchev–Trinajstić information content (AvgIpc) is 2.88. The number of fused-ring (bicyclic) bond motifs is 1. The van der Waals surface area contributed by atoms with Gasteiger partial charge in [-0.05, 0) is 65.1 Å². The monoisotopic (exact) mass is 405 g/mol. The molecule has 25 heavy (non-hydrogen) atoms. The minimum atomic E-state index is 0.704. The van der Waals surface area contributed by atoms with E-state index in [-0.39, 0.29) is 0 Å². The van der Waals surface area contributed by atoms with E-state index in [2.05, 4.69) is 43.7 Å². The van der Waals surface area contributed by atoms with Gasteiger partial charge in [-0.25, -0.2) is 4.98 Å². The van der Waals surface area contributed by atoms with Crippen molar-refractivity contribution in [3.8, 4) is 11.5 Å². The lowest BCUT2D eigenvalue weighted by atomic mass is 10.2. The molecule has 1 aromatic carbocycles. The zero-order valence-corrected chi connectivity index (χ0v) is 15.8. The molecule has 0 unspecified atom stereocenters. The molecule has 2 heterocycles. The van der Waals surface area contributed by atoms with Crippen molar-refractivity contribution in [3.05, 3.63) is 46.6 Å². The van der Waals surface area contributed by atoms with Crippen molar-refractivity contribution in [2.45, 2.75) is 25.8 Å². The van der Waals surface area contributed by atoms with Crippen LogP contribution in [0.5, 0.6) is 11.5 Å². The van der Waals surface area contributed by atoms with Crippen LogP contribution in [-0.2, 0) is 6.54 Å². The number of halogens is 1. The summed E-state index contributed by atoms with van der Waals surface area (Å²) in [4.78, 5) is 4.25. The van der Waals surface area contributed by atoms with Crippen LogP contribution < -0.4 is 20.1 Å². The fourth-order valence-electron chi connectivity index (χ4n) is 2.68. The van der Waals surface area contributed by atoms with E-state index in [9.17, 15) is 0 Å². The SMILES string of the molecule is Brc1cc(CNCCCCNc2ccccn2)cc2c1OCCCO2. The van der Waals surface area contributed by atoms with E-state index < -0.39 is 0 Å². The second-order valence-electron chi connectivity index (χ2n) is 5.98. The van der Waals surface area contributed by atoms with Gasteiger partial charge in [0.15, 0.2) is 11.5 Å². The minimum Gasteiger partial charge on any atom is -0.490 e. The van der Waals surface area contributed by atoms with E-state index >= 15 is 0 Å². The zero-order chi connectivity index (χ0) is 17.3. The first-order chi connectivity index (χ1) is 12.3. The topological polar surface area (TPSA) is 55.4 Å². The van der Waals surface area contributed by atoms with Crippen molar-refractivity contribution in [2.24, 2.45) is 0 Å². The number of rotatable bonds is 8. The van der Waals surface area contributed by atoms with Crippen molar-refractivity contribution in [1.82, 2.24) is 10.3 Å². The molecule has 0 bridgehead atoms. The molecule has 0 spiro atoms. The normalized spacial score (nSPS) is 13.3. The maximum absolute atomic E-state index is 5.77. The molecule has 2 N–H and O–H groups in total. The number of pyridine rings is 1. The highest BCUT2D eigenvalue weighted by atomic mass is 79.9. The maximum Gasteiger partial charge on any atom is 0.175 e. The van der Waals surface area contributed by atoms with Crippen molar-refractivity contribution in [2.75, 3.05) is 31.6 Å². The molecule has 0 saturated heterocycles. The molecule has 134 valence electrons. The summed E-state index contributed by atoms with van der Waals surface area (Å²) in [6.45, 7) is 4.16. The Bertz CT molecular complexity index is 667. The van der Waals surface area contributed by atoms with Gasteiger partial charge < -0.3 is 20.1 Å². The Morgan fingerprint density at radius 2 is 1.96 bits per heavy atom. The van der Waals surface area contributed by atoms with Gasteiger partial charge in [0.25, 0.3) is 0 Å². The van der Waals surface area contributed by atoms with Crippen LogP contribution in [0.15, 0.2) is 41.0 Å². The molecule has 2 aromatic rings. The predicted octanol–water partition coefficient (Wildman–Crippen LogP) is 3.99. The Kier molecular flexibility index (Phi) is 6.94. The Hall–Kier alpha value is -1.79. The number of hydrogen-bond acceptors (Lipinski definition) is 5. The van der Waals surface area contributed by atoms with Gasteiger partial charge >= 0.3 is 0 Å². The Balaban J connectivity index is 1.36. The fourth-order valence-corrected chi connectivity index (χ4v) is 3.28.